The van der Waals surface area contributed by atoms with Crippen LogP contribution in [0.4, 0.5) is 4.39 Å². The lowest BCUT2D eigenvalue weighted by molar-refractivity contribution is 0.377. The molecule has 1 unspecified atom stereocenters. The maximum Gasteiger partial charge on any atom is 0.166 e. The number of hydrogen-bond acceptors (Lipinski definition) is 2. The molecule has 1 saturated heterocycles. The number of halogens is 2. The number of hydrogen-bond donors (Lipinski definition) is 2. The van der Waals surface area contributed by atoms with Gasteiger partial charge in [-0.1, -0.05) is 18.0 Å². The molecule has 4 heteroatoms. The molecule has 2 rings (SSSR count). The molecule has 0 spiro atoms. The summed E-state index contributed by atoms with van der Waals surface area (Å²) in [5, 5.41) is 13.2. The van der Waals surface area contributed by atoms with E-state index in [1.165, 1.54) is 0 Å². The molecule has 1 aliphatic heterocycles. The molecule has 2 nitrogen and oxygen atoms in total. The van der Waals surface area contributed by atoms with Crippen molar-refractivity contribution in [2.45, 2.75) is 25.3 Å². The van der Waals surface area contributed by atoms with Gasteiger partial charge in [-0.2, -0.15) is 0 Å². The molecule has 1 aromatic rings. The van der Waals surface area contributed by atoms with Gasteiger partial charge in [0.1, 0.15) is 0 Å². The van der Waals surface area contributed by atoms with Gasteiger partial charge in [0.2, 0.25) is 0 Å². The van der Waals surface area contributed by atoms with E-state index in [0.29, 0.717) is 10.6 Å². The van der Waals surface area contributed by atoms with Gasteiger partial charge >= 0.3 is 0 Å². The van der Waals surface area contributed by atoms with Gasteiger partial charge in [-0.25, -0.2) is 4.39 Å². The highest BCUT2D eigenvalue weighted by Crippen LogP contribution is 2.33. The molecule has 1 fully saturated rings. The third kappa shape index (κ3) is 2.24. The Morgan fingerprint density at radius 1 is 1.40 bits per heavy atom. The summed E-state index contributed by atoms with van der Waals surface area (Å²) in [5.41, 5.74) is 0.569. The van der Waals surface area contributed by atoms with Gasteiger partial charge in [-0.05, 0) is 31.5 Å². The largest absolute Gasteiger partial charge is 0.505 e. The van der Waals surface area contributed by atoms with E-state index in [1.54, 1.807) is 6.07 Å². The Labute approximate surface area is 93.1 Å². The summed E-state index contributed by atoms with van der Waals surface area (Å²) in [7, 11) is 0. The minimum absolute atomic E-state index is 0.0203. The predicted molar refractivity (Wildman–Crippen MR) is 57.7 cm³/mol. The van der Waals surface area contributed by atoms with Gasteiger partial charge in [-0.15, -0.1) is 0 Å². The first-order valence-corrected chi connectivity index (χ1v) is 5.47. The topological polar surface area (TPSA) is 32.3 Å². The van der Waals surface area contributed by atoms with Crippen molar-refractivity contribution in [3.05, 3.63) is 28.5 Å². The molecule has 0 bridgehead atoms. The van der Waals surface area contributed by atoms with Gasteiger partial charge in [-0.3, -0.25) is 0 Å². The van der Waals surface area contributed by atoms with Crippen LogP contribution in [-0.2, 0) is 0 Å². The van der Waals surface area contributed by atoms with Gasteiger partial charge in [0.05, 0.1) is 0 Å². The smallest absolute Gasteiger partial charge is 0.166 e. The number of piperidine rings is 1. The maximum absolute atomic E-state index is 13.2. The Hall–Kier alpha value is -0.800. The second-order valence-corrected chi connectivity index (χ2v) is 4.26. The summed E-state index contributed by atoms with van der Waals surface area (Å²) in [6, 6.07) is 2.78. The molecule has 15 heavy (non-hydrogen) atoms. The molecule has 0 radical (unpaired) electrons. The number of aromatic hydroxyl groups is 1. The van der Waals surface area contributed by atoms with Crippen molar-refractivity contribution in [3.8, 4) is 5.75 Å². The van der Waals surface area contributed by atoms with Crippen molar-refractivity contribution in [2.75, 3.05) is 6.54 Å². The normalized spacial score (nSPS) is 21.6. The Bertz CT molecular complexity index is 364. The van der Waals surface area contributed by atoms with Gasteiger partial charge < -0.3 is 10.4 Å². The van der Waals surface area contributed by atoms with Crippen LogP contribution in [0.1, 0.15) is 30.9 Å². The fourth-order valence-corrected chi connectivity index (χ4v) is 2.18. The minimum Gasteiger partial charge on any atom is -0.505 e. The molecule has 0 aliphatic carbocycles. The summed E-state index contributed by atoms with van der Waals surface area (Å²) in [6.07, 6.45) is 3.12. The molecule has 82 valence electrons. The average Bonchev–Trinajstić information content (AvgIpc) is 2.24. The highest BCUT2D eigenvalue weighted by Gasteiger charge is 2.20. The lowest BCUT2D eigenvalue weighted by Crippen LogP contribution is -2.26. The Morgan fingerprint density at radius 3 is 2.87 bits per heavy atom. The first-order chi connectivity index (χ1) is 7.18. The van der Waals surface area contributed by atoms with Crippen molar-refractivity contribution >= 4 is 11.6 Å². The summed E-state index contributed by atoms with van der Waals surface area (Å²) in [6.45, 7) is 0.901. The summed E-state index contributed by atoms with van der Waals surface area (Å²) < 4.78 is 13.2. The van der Waals surface area contributed by atoms with Crippen LogP contribution < -0.4 is 5.32 Å². The van der Waals surface area contributed by atoms with Crippen molar-refractivity contribution in [3.63, 3.8) is 0 Å². The van der Waals surface area contributed by atoms with Crippen molar-refractivity contribution < 1.29 is 9.50 Å². The molecular formula is C11H13ClFNO. The zero-order valence-corrected chi connectivity index (χ0v) is 9.02. The molecule has 2 N–H and O–H groups in total. The van der Waals surface area contributed by atoms with Crippen LogP contribution >= 0.6 is 11.6 Å². The lowest BCUT2D eigenvalue weighted by Gasteiger charge is -2.24. The zero-order chi connectivity index (χ0) is 10.8. The SMILES string of the molecule is Oc1c(F)cc(Cl)cc1C1CCCCN1. The first kappa shape index (κ1) is 10.7. The highest BCUT2D eigenvalue weighted by atomic mass is 35.5. The van der Waals surface area contributed by atoms with Gasteiger partial charge in [0, 0.05) is 16.6 Å². The molecule has 1 heterocycles. The number of nitrogens with one attached hydrogen (secondary N) is 1. The lowest BCUT2D eigenvalue weighted by atomic mass is 9.97. The van der Waals surface area contributed by atoms with E-state index in [0.717, 1.165) is 31.9 Å². The van der Waals surface area contributed by atoms with Crippen molar-refractivity contribution in [1.82, 2.24) is 5.32 Å². The summed E-state index contributed by atoms with van der Waals surface area (Å²) >= 11 is 5.76. The molecule has 0 saturated carbocycles. The maximum atomic E-state index is 13.2. The van der Waals surface area contributed by atoms with Crippen LogP contribution in [0.2, 0.25) is 5.02 Å². The second-order valence-electron chi connectivity index (χ2n) is 3.83. The average molecular weight is 230 g/mol. The van der Waals surface area contributed by atoms with Crippen molar-refractivity contribution in [2.24, 2.45) is 0 Å². The van der Waals surface area contributed by atoms with E-state index in [9.17, 15) is 9.50 Å². The Balaban J connectivity index is 2.33. The second kappa shape index (κ2) is 4.37. The number of benzene rings is 1. The predicted octanol–water partition coefficient (Wildman–Crippen LogP) is 3.00. The molecule has 1 aliphatic rings. The number of phenols is 1. The number of rotatable bonds is 1. The van der Waals surface area contributed by atoms with Crippen LogP contribution in [-0.4, -0.2) is 11.7 Å². The van der Waals surface area contributed by atoms with Crippen LogP contribution in [0.5, 0.6) is 5.75 Å². The van der Waals surface area contributed by atoms with Gasteiger partial charge in [0.15, 0.2) is 11.6 Å². The summed E-state index contributed by atoms with van der Waals surface area (Å²) in [5.74, 6) is -0.927. The van der Waals surface area contributed by atoms with Crippen molar-refractivity contribution in [1.29, 1.82) is 0 Å². The first-order valence-electron chi connectivity index (χ1n) is 5.10. The summed E-state index contributed by atoms with van der Waals surface area (Å²) in [4.78, 5) is 0. The number of phenolic OH excluding ortho intramolecular Hbond substituents is 1. The zero-order valence-electron chi connectivity index (χ0n) is 8.26. The molecule has 1 aromatic carbocycles. The Morgan fingerprint density at radius 2 is 2.20 bits per heavy atom. The monoisotopic (exact) mass is 229 g/mol. The molecule has 1 atom stereocenters. The van der Waals surface area contributed by atoms with E-state index >= 15 is 0 Å². The molecule has 0 aromatic heterocycles. The Kier molecular flexibility index (Phi) is 3.12. The van der Waals surface area contributed by atoms with Crippen LogP contribution in [0, 0.1) is 5.82 Å². The molecule has 0 amide bonds. The highest BCUT2D eigenvalue weighted by molar-refractivity contribution is 6.30. The standard InChI is InChI=1S/C11H13ClFNO/c12-7-5-8(11(15)9(13)6-7)10-3-1-2-4-14-10/h5-6,10,14-15H,1-4H2. The molecular weight excluding hydrogens is 217 g/mol. The third-order valence-corrected chi connectivity index (χ3v) is 2.96. The van der Waals surface area contributed by atoms with Crippen LogP contribution in [0.3, 0.4) is 0 Å². The van der Waals surface area contributed by atoms with E-state index in [2.05, 4.69) is 5.32 Å². The fraction of sp³-hybridized carbons (Fsp3) is 0.455. The fourth-order valence-electron chi connectivity index (χ4n) is 1.97. The quantitative estimate of drug-likeness (QED) is 0.776. The third-order valence-electron chi connectivity index (χ3n) is 2.74. The van der Waals surface area contributed by atoms with E-state index in [1.807, 2.05) is 0 Å². The van der Waals surface area contributed by atoms with E-state index < -0.39 is 5.82 Å². The minimum atomic E-state index is -0.648. The van der Waals surface area contributed by atoms with E-state index in [4.69, 9.17) is 11.6 Å². The van der Waals surface area contributed by atoms with Crippen LogP contribution in [0.25, 0.3) is 0 Å². The van der Waals surface area contributed by atoms with E-state index in [-0.39, 0.29) is 11.8 Å². The van der Waals surface area contributed by atoms with Crippen LogP contribution in [0.15, 0.2) is 12.1 Å². The van der Waals surface area contributed by atoms with Gasteiger partial charge in [0.25, 0.3) is 0 Å².